The molecule has 0 radical (unpaired) electrons. The fourth-order valence-corrected chi connectivity index (χ4v) is 6.22. The van der Waals surface area contributed by atoms with Crippen LogP contribution in [0, 0.1) is 0 Å². The van der Waals surface area contributed by atoms with Crippen molar-refractivity contribution in [1.82, 2.24) is 9.55 Å². The van der Waals surface area contributed by atoms with E-state index in [-0.39, 0.29) is 6.61 Å². The Balaban J connectivity index is 2.13. The Morgan fingerprint density at radius 1 is 0.971 bits per heavy atom. The minimum absolute atomic E-state index is 0.315. The second-order valence-corrected chi connectivity index (χ2v) is 10.1. The van der Waals surface area contributed by atoms with E-state index in [1.165, 1.54) is 31.5 Å². The number of carbonyl (C=O) groups is 3. The van der Waals surface area contributed by atoms with Crippen LogP contribution in [0.1, 0.15) is 27.0 Å². The van der Waals surface area contributed by atoms with E-state index in [0.717, 1.165) is 10.5 Å². The van der Waals surface area contributed by atoms with Crippen LogP contribution in [-0.4, -0.2) is 67.3 Å². The molecule has 34 heavy (non-hydrogen) atoms. The van der Waals surface area contributed by atoms with Gasteiger partial charge in [0.05, 0.1) is 0 Å². The molecular formula is C22H24N2O9Se. The van der Waals surface area contributed by atoms with Gasteiger partial charge in [-0.05, 0) is 0 Å². The van der Waals surface area contributed by atoms with Gasteiger partial charge in [0.25, 0.3) is 0 Å². The maximum absolute atomic E-state index is 12.7. The predicted octanol–water partition coefficient (Wildman–Crippen LogP) is -0.321. The molecule has 3 rings (SSSR count). The molecule has 0 amide bonds. The summed E-state index contributed by atoms with van der Waals surface area (Å²) in [5, 5.41) is 0. The van der Waals surface area contributed by atoms with Crippen molar-refractivity contribution in [2.45, 2.75) is 50.1 Å². The molecule has 1 fully saturated rings. The van der Waals surface area contributed by atoms with E-state index >= 15 is 0 Å². The van der Waals surface area contributed by atoms with Gasteiger partial charge in [-0.25, -0.2) is 0 Å². The number of hydrogen-bond donors (Lipinski definition) is 1. The van der Waals surface area contributed by atoms with Crippen molar-refractivity contribution in [3.63, 3.8) is 0 Å². The van der Waals surface area contributed by atoms with Gasteiger partial charge < -0.3 is 0 Å². The first-order chi connectivity index (χ1) is 16.2. The average molecular weight is 539 g/mol. The third-order valence-electron chi connectivity index (χ3n) is 4.80. The summed E-state index contributed by atoms with van der Waals surface area (Å²) < 4.78 is 24.5. The summed E-state index contributed by atoms with van der Waals surface area (Å²) in [5.74, 6) is -1.87. The van der Waals surface area contributed by atoms with Crippen molar-refractivity contribution in [3.05, 3.63) is 63.4 Å². The van der Waals surface area contributed by atoms with Gasteiger partial charge in [-0.2, -0.15) is 0 Å². The van der Waals surface area contributed by atoms with Gasteiger partial charge in [-0.15, -0.1) is 0 Å². The van der Waals surface area contributed by atoms with Crippen LogP contribution in [0.25, 0.3) is 0 Å². The summed E-state index contributed by atoms with van der Waals surface area (Å²) in [7, 11) is 0. The Labute approximate surface area is 200 Å². The number of rotatable bonds is 7. The van der Waals surface area contributed by atoms with E-state index in [2.05, 4.69) is 4.98 Å². The molecule has 5 atom stereocenters. The second-order valence-electron chi connectivity index (χ2n) is 7.43. The fraction of sp³-hybridized carbons (Fsp3) is 0.409. The summed E-state index contributed by atoms with van der Waals surface area (Å²) in [4.78, 5) is 61.3. The number of nitrogens with one attached hydrogen (secondary N) is 1. The summed E-state index contributed by atoms with van der Waals surface area (Å²) in [6.45, 7) is 3.31. The second kappa shape index (κ2) is 11.3. The van der Waals surface area contributed by atoms with Crippen LogP contribution in [0.4, 0.5) is 0 Å². The molecule has 1 aliphatic heterocycles. The monoisotopic (exact) mass is 540 g/mol. The Hall–Kier alpha value is -3.21. The topological polar surface area (TPSA) is 143 Å². The molecule has 182 valence electrons. The van der Waals surface area contributed by atoms with Gasteiger partial charge in [0.1, 0.15) is 0 Å². The van der Waals surface area contributed by atoms with E-state index in [0.29, 0.717) is 0 Å². The summed E-state index contributed by atoms with van der Waals surface area (Å²) >= 11 is -0.452. The summed E-state index contributed by atoms with van der Waals surface area (Å²) in [6, 6.07) is 10.5. The zero-order valence-electron chi connectivity index (χ0n) is 18.7. The molecule has 11 nitrogen and oxygen atoms in total. The number of aromatic amines is 1. The van der Waals surface area contributed by atoms with Crippen LogP contribution in [-0.2, 0) is 33.3 Å². The Morgan fingerprint density at radius 3 is 2.21 bits per heavy atom. The van der Waals surface area contributed by atoms with Crippen LogP contribution in [0.3, 0.4) is 0 Å². The Morgan fingerprint density at radius 2 is 1.62 bits per heavy atom. The van der Waals surface area contributed by atoms with Crippen LogP contribution in [0.15, 0.2) is 52.2 Å². The molecule has 0 unspecified atom stereocenters. The minimum atomic E-state index is -1.11. The Bertz CT molecular complexity index is 1150. The van der Waals surface area contributed by atoms with Crippen molar-refractivity contribution in [2.24, 2.45) is 0 Å². The molecule has 1 aliphatic rings. The number of nitrogens with zero attached hydrogens (tertiary/aromatic N) is 1. The number of ether oxygens (including phenoxy) is 4. The standard InChI is InChI=1S/C22H24N2O9Se/c1-12(25)30-11-16-18(31-13(2)26)19(32-14(3)27)20(34-15-7-5-4-6-8-15)21(33-16)24-10-9-17(28)23-22(24)29/h4-10,16,18-21H,11H2,1-3H3,(H,23,28,29)/t16-,18-,19+,20+,21+/m1/s1. The molecule has 0 saturated carbocycles. The number of esters is 3. The fourth-order valence-electron chi connectivity index (χ4n) is 3.52. The molecule has 1 saturated heterocycles. The molecule has 12 heteroatoms. The van der Waals surface area contributed by atoms with Crippen molar-refractivity contribution in [1.29, 1.82) is 0 Å². The normalized spacial score (nSPS) is 24.1. The van der Waals surface area contributed by atoms with E-state index in [1.54, 1.807) is 0 Å². The van der Waals surface area contributed by atoms with Crippen LogP contribution in [0.2, 0.25) is 4.82 Å². The van der Waals surface area contributed by atoms with Crippen molar-refractivity contribution >= 4 is 37.3 Å². The van der Waals surface area contributed by atoms with Crippen LogP contribution in [0.5, 0.6) is 0 Å². The van der Waals surface area contributed by atoms with E-state index in [9.17, 15) is 24.0 Å². The van der Waals surface area contributed by atoms with Gasteiger partial charge >= 0.3 is 200 Å². The first-order valence-electron chi connectivity index (χ1n) is 10.3. The molecule has 1 aromatic carbocycles. The van der Waals surface area contributed by atoms with Crippen LogP contribution >= 0.6 is 0 Å². The van der Waals surface area contributed by atoms with Crippen molar-refractivity contribution in [3.8, 4) is 0 Å². The van der Waals surface area contributed by atoms with Gasteiger partial charge in [0.15, 0.2) is 0 Å². The van der Waals surface area contributed by atoms with Gasteiger partial charge in [0, 0.05) is 0 Å². The molecule has 2 heterocycles. The maximum atomic E-state index is 12.7. The molecule has 0 aliphatic carbocycles. The summed E-state index contributed by atoms with van der Waals surface area (Å²) in [5.41, 5.74) is -1.32. The zero-order chi connectivity index (χ0) is 24.8. The zero-order valence-corrected chi connectivity index (χ0v) is 20.4. The van der Waals surface area contributed by atoms with Crippen molar-refractivity contribution in [2.75, 3.05) is 6.61 Å². The first kappa shape index (κ1) is 25.4. The number of H-pyrrole nitrogens is 1. The van der Waals surface area contributed by atoms with E-state index < -0.39 is 73.5 Å². The third kappa shape index (κ3) is 6.43. The predicted molar refractivity (Wildman–Crippen MR) is 119 cm³/mol. The number of hydrogen-bond acceptors (Lipinski definition) is 9. The molecule has 0 bridgehead atoms. The first-order valence-corrected chi connectivity index (χ1v) is 12.2. The SMILES string of the molecule is CC(=O)OC[C@H]1O[C@H](n2ccc(=O)[nH]c2=O)[C@@H]([Se]c2ccccc2)[C@@H](OC(C)=O)[C@@H]1OC(C)=O. The molecule has 1 aromatic heterocycles. The van der Waals surface area contributed by atoms with E-state index in [1.807, 2.05) is 30.3 Å². The quantitative estimate of drug-likeness (QED) is 0.285. The molecule has 1 N–H and O–H groups in total. The molecular weight excluding hydrogens is 515 g/mol. The van der Waals surface area contributed by atoms with Gasteiger partial charge in [-0.1, -0.05) is 0 Å². The average Bonchev–Trinajstić information content (AvgIpc) is 2.75. The molecule has 2 aromatic rings. The Kier molecular flexibility index (Phi) is 8.43. The third-order valence-corrected chi connectivity index (χ3v) is 7.57. The van der Waals surface area contributed by atoms with Crippen LogP contribution < -0.4 is 15.7 Å². The number of aromatic nitrogens is 2. The number of carbonyl (C=O) groups excluding carboxylic acids is 3. The molecule has 0 spiro atoms. The van der Waals surface area contributed by atoms with Gasteiger partial charge in [-0.3, -0.25) is 0 Å². The van der Waals surface area contributed by atoms with Crippen molar-refractivity contribution < 1.29 is 33.3 Å². The number of benzene rings is 1. The summed E-state index contributed by atoms with van der Waals surface area (Å²) in [6.07, 6.45) is -2.93. The van der Waals surface area contributed by atoms with E-state index in [4.69, 9.17) is 18.9 Å². The van der Waals surface area contributed by atoms with Gasteiger partial charge in [0.2, 0.25) is 0 Å².